The Hall–Kier alpha value is -2.81. The molecule has 1 atom stereocenters. The van der Waals surface area contributed by atoms with Crippen molar-refractivity contribution in [3.8, 4) is 0 Å². The Morgan fingerprint density at radius 2 is 1.89 bits per heavy atom. The van der Waals surface area contributed by atoms with Gasteiger partial charge in [0.05, 0.1) is 22.4 Å². The van der Waals surface area contributed by atoms with Crippen molar-refractivity contribution in [2.45, 2.75) is 38.5 Å². The number of carbonyl (C=O) groups excluding carboxylic acids is 2. The highest BCUT2D eigenvalue weighted by Gasteiger charge is 2.27. The number of benzene rings is 2. The molecule has 3 aromatic rings. The zero-order valence-corrected chi connectivity index (χ0v) is 22.0. The summed E-state index contributed by atoms with van der Waals surface area (Å²) < 4.78 is 1.85. The van der Waals surface area contributed by atoms with Gasteiger partial charge < -0.3 is 15.2 Å². The second-order valence-corrected chi connectivity index (χ2v) is 9.97. The van der Waals surface area contributed by atoms with Crippen molar-refractivity contribution < 1.29 is 9.59 Å². The molecule has 0 saturated carbocycles. The number of amides is 2. The molecule has 0 unspecified atom stereocenters. The Morgan fingerprint density at radius 3 is 2.54 bits per heavy atom. The van der Waals surface area contributed by atoms with Crippen LogP contribution in [0.4, 0.5) is 5.69 Å². The average Bonchev–Trinajstić information content (AvgIpc) is 3.21. The topological polar surface area (TPSA) is 88.9 Å². The number of hydrogen-bond acceptors (Lipinski definition) is 5. The van der Waals surface area contributed by atoms with Gasteiger partial charge >= 0.3 is 0 Å². The lowest BCUT2D eigenvalue weighted by atomic mass is 10.0. The van der Waals surface area contributed by atoms with Crippen LogP contribution in [0.3, 0.4) is 0 Å². The first kappa shape index (κ1) is 26.8. The van der Waals surface area contributed by atoms with Crippen LogP contribution in [0.2, 0.25) is 10.0 Å². The maximum atomic E-state index is 12.9. The van der Waals surface area contributed by atoms with Crippen molar-refractivity contribution >= 4 is 52.5 Å². The first-order chi connectivity index (χ1) is 16.7. The molecule has 0 bridgehead atoms. The third kappa shape index (κ3) is 6.87. The van der Waals surface area contributed by atoms with E-state index in [0.717, 1.165) is 5.56 Å². The Bertz CT molecular complexity index is 1230. The predicted octanol–water partition coefficient (Wildman–Crippen LogP) is 5.94. The van der Waals surface area contributed by atoms with E-state index in [1.807, 2.05) is 31.4 Å². The van der Waals surface area contributed by atoms with Gasteiger partial charge in [-0.2, -0.15) is 0 Å². The minimum Gasteiger partial charge on any atom is -0.342 e. The fourth-order valence-corrected chi connectivity index (χ4v) is 4.49. The van der Waals surface area contributed by atoms with Gasteiger partial charge in [-0.15, -0.1) is 16.8 Å². The van der Waals surface area contributed by atoms with Gasteiger partial charge in [-0.3, -0.25) is 9.59 Å². The van der Waals surface area contributed by atoms with Crippen LogP contribution in [0.1, 0.15) is 41.6 Å². The van der Waals surface area contributed by atoms with Gasteiger partial charge in [0.1, 0.15) is 0 Å². The van der Waals surface area contributed by atoms with Gasteiger partial charge in [-0.1, -0.05) is 73.1 Å². The molecule has 0 aliphatic carbocycles. The lowest BCUT2D eigenvalue weighted by Gasteiger charge is -2.23. The Balaban J connectivity index is 1.76. The Labute approximate surface area is 219 Å². The zero-order valence-electron chi connectivity index (χ0n) is 19.7. The molecule has 2 amide bonds. The van der Waals surface area contributed by atoms with Crippen LogP contribution in [-0.2, 0) is 11.3 Å². The minimum absolute atomic E-state index is 0.0154. The molecule has 184 valence electrons. The summed E-state index contributed by atoms with van der Waals surface area (Å²) in [5.41, 5.74) is 1.95. The van der Waals surface area contributed by atoms with Gasteiger partial charge in [0, 0.05) is 17.3 Å². The van der Waals surface area contributed by atoms with E-state index in [1.54, 1.807) is 42.5 Å². The first-order valence-corrected chi connectivity index (χ1v) is 12.7. The molecule has 2 N–H and O–H groups in total. The highest BCUT2D eigenvalue weighted by Crippen LogP contribution is 2.27. The van der Waals surface area contributed by atoms with Gasteiger partial charge in [-0.05, 0) is 42.7 Å². The number of aryl methyl sites for hydroxylation is 1. The second kappa shape index (κ2) is 12.2. The highest BCUT2D eigenvalue weighted by atomic mass is 35.5. The van der Waals surface area contributed by atoms with Crippen molar-refractivity contribution in [2.75, 3.05) is 11.1 Å². The number of aromatic nitrogens is 3. The summed E-state index contributed by atoms with van der Waals surface area (Å²) in [6.07, 6.45) is 1.72. The SMILES string of the molecule is C=CCn1c(SCC(=O)Nc2ccc(C)c(Cl)c2)nnc1[C@@H](NC(=O)c1ccccc1Cl)C(C)C. The largest absolute Gasteiger partial charge is 0.342 e. The van der Waals surface area contributed by atoms with E-state index in [1.165, 1.54) is 11.8 Å². The molecular weight excluding hydrogens is 505 g/mol. The summed E-state index contributed by atoms with van der Waals surface area (Å²) in [5, 5.41) is 16.0. The third-order valence-corrected chi connectivity index (χ3v) is 6.90. The molecule has 0 fully saturated rings. The van der Waals surface area contributed by atoms with Crippen LogP contribution in [0, 0.1) is 12.8 Å². The summed E-state index contributed by atoms with van der Waals surface area (Å²) in [7, 11) is 0. The van der Waals surface area contributed by atoms with Crippen LogP contribution >= 0.6 is 35.0 Å². The molecule has 10 heteroatoms. The molecule has 0 saturated heterocycles. The average molecular weight is 532 g/mol. The monoisotopic (exact) mass is 531 g/mol. The predicted molar refractivity (Wildman–Crippen MR) is 142 cm³/mol. The first-order valence-electron chi connectivity index (χ1n) is 11.0. The fourth-order valence-electron chi connectivity index (χ4n) is 3.33. The van der Waals surface area contributed by atoms with Gasteiger partial charge in [0.15, 0.2) is 11.0 Å². The quantitative estimate of drug-likeness (QED) is 0.249. The van der Waals surface area contributed by atoms with E-state index in [9.17, 15) is 9.59 Å². The third-order valence-electron chi connectivity index (χ3n) is 5.19. The van der Waals surface area contributed by atoms with Gasteiger partial charge in [0.25, 0.3) is 5.91 Å². The summed E-state index contributed by atoms with van der Waals surface area (Å²) in [6.45, 7) is 10.1. The van der Waals surface area contributed by atoms with Crippen LogP contribution < -0.4 is 10.6 Å². The van der Waals surface area contributed by atoms with E-state index in [0.29, 0.717) is 38.8 Å². The van der Waals surface area contributed by atoms with Crippen LogP contribution in [0.5, 0.6) is 0 Å². The standard InChI is InChI=1S/C25H27Cl2N5O2S/c1-5-12-32-23(22(15(2)3)29-24(34)18-8-6-7-9-19(18)26)30-31-25(32)35-14-21(33)28-17-11-10-16(4)20(27)13-17/h5-11,13,15,22H,1,12,14H2,2-4H3,(H,28,33)(H,29,34)/t22-/m0/s1. The molecule has 0 radical (unpaired) electrons. The maximum Gasteiger partial charge on any atom is 0.253 e. The number of nitrogens with zero attached hydrogens (tertiary/aromatic N) is 3. The molecule has 1 aromatic heterocycles. The molecular formula is C25H27Cl2N5O2S. The number of nitrogens with one attached hydrogen (secondary N) is 2. The van der Waals surface area contributed by atoms with E-state index >= 15 is 0 Å². The maximum absolute atomic E-state index is 12.9. The van der Waals surface area contributed by atoms with E-state index in [2.05, 4.69) is 27.4 Å². The van der Waals surface area contributed by atoms with Crippen LogP contribution in [0.25, 0.3) is 0 Å². The molecule has 0 spiro atoms. The number of anilines is 1. The Morgan fingerprint density at radius 1 is 1.14 bits per heavy atom. The normalized spacial score (nSPS) is 11.8. The molecule has 2 aromatic carbocycles. The smallest absolute Gasteiger partial charge is 0.253 e. The number of hydrogen-bond donors (Lipinski definition) is 2. The summed E-state index contributed by atoms with van der Waals surface area (Å²) in [5.74, 6) is 0.221. The molecule has 3 rings (SSSR count). The molecule has 35 heavy (non-hydrogen) atoms. The molecule has 0 aliphatic rings. The summed E-state index contributed by atoms with van der Waals surface area (Å²) >= 11 is 13.6. The lowest BCUT2D eigenvalue weighted by molar-refractivity contribution is -0.113. The van der Waals surface area contributed by atoms with Crippen LogP contribution in [0.15, 0.2) is 60.3 Å². The lowest BCUT2D eigenvalue weighted by Crippen LogP contribution is -2.34. The minimum atomic E-state index is -0.427. The number of rotatable bonds is 10. The van der Waals surface area contributed by atoms with Gasteiger partial charge in [0.2, 0.25) is 5.91 Å². The van der Waals surface area contributed by atoms with E-state index in [-0.39, 0.29) is 23.5 Å². The van der Waals surface area contributed by atoms with Crippen molar-refractivity contribution in [3.63, 3.8) is 0 Å². The van der Waals surface area contributed by atoms with Gasteiger partial charge in [-0.25, -0.2) is 0 Å². The van der Waals surface area contributed by atoms with Crippen LogP contribution in [-0.4, -0.2) is 32.3 Å². The van der Waals surface area contributed by atoms with E-state index in [4.69, 9.17) is 23.2 Å². The van der Waals surface area contributed by atoms with E-state index < -0.39 is 6.04 Å². The number of carbonyl (C=O) groups is 2. The fraction of sp³-hybridized carbons (Fsp3) is 0.280. The Kier molecular flexibility index (Phi) is 9.37. The van der Waals surface area contributed by atoms with Crippen molar-refractivity contribution in [1.29, 1.82) is 0 Å². The summed E-state index contributed by atoms with van der Waals surface area (Å²) in [6, 6.07) is 11.8. The van der Waals surface area contributed by atoms with Crippen molar-refractivity contribution in [1.82, 2.24) is 20.1 Å². The molecule has 0 aliphatic heterocycles. The number of allylic oxidation sites excluding steroid dienone is 1. The number of halogens is 2. The van der Waals surface area contributed by atoms with Crippen molar-refractivity contribution in [3.05, 3.63) is 82.1 Å². The second-order valence-electron chi connectivity index (χ2n) is 8.22. The molecule has 1 heterocycles. The number of thioether (sulfide) groups is 1. The highest BCUT2D eigenvalue weighted by molar-refractivity contribution is 7.99. The molecule has 7 nitrogen and oxygen atoms in total. The zero-order chi connectivity index (χ0) is 25.5. The summed E-state index contributed by atoms with van der Waals surface area (Å²) in [4.78, 5) is 25.4. The van der Waals surface area contributed by atoms with Crippen molar-refractivity contribution in [2.24, 2.45) is 5.92 Å².